The molecule has 0 radical (unpaired) electrons. The van der Waals surface area contributed by atoms with Gasteiger partial charge < -0.3 is 4.90 Å². The van der Waals surface area contributed by atoms with E-state index >= 15 is 0 Å². The highest BCUT2D eigenvalue weighted by atomic mass is 32.1. The lowest BCUT2D eigenvalue weighted by Gasteiger charge is -2.20. The normalized spacial score (nSPS) is 15.6. The van der Waals surface area contributed by atoms with Crippen molar-refractivity contribution in [1.29, 1.82) is 0 Å². The number of fused-ring (bicyclic) bond motifs is 1. The molecule has 118 valence electrons. The van der Waals surface area contributed by atoms with Crippen LogP contribution >= 0.6 is 22.7 Å². The van der Waals surface area contributed by atoms with E-state index < -0.39 is 22.7 Å². The average Bonchev–Trinajstić information content (AvgIpc) is 3.02. The number of carbonyl (C=O) groups is 1. The molecule has 2 aromatic rings. The third-order valence-corrected chi connectivity index (χ3v) is 5.01. The van der Waals surface area contributed by atoms with Crippen LogP contribution in [0.5, 0.6) is 0 Å². The second-order valence-corrected chi connectivity index (χ2v) is 6.80. The van der Waals surface area contributed by atoms with Crippen LogP contribution in [0, 0.1) is 0 Å². The SMILES string of the molecule is CN1CCc2nc(NC(=O)c3scnc3C(F)(F)F)sc2C1. The van der Waals surface area contributed by atoms with Crippen molar-refractivity contribution in [3.63, 3.8) is 0 Å². The molecule has 0 saturated carbocycles. The fraction of sp³-hybridized carbons (Fsp3) is 0.417. The summed E-state index contributed by atoms with van der Waals surface area (Å²) in [5, 5.41) is 2.77. The third-order valence-electron chi connectivity index (χ3n) is 3.18. The highest BCUT2D eigenvalue weighted by Crippen LogP contribution is 2.34. The number of alkyl halides is 3. The van der Waals surface area contributed by atoms with Crippen LogP contribution in [0.15, 0.2) is 5.51 Å². The quantitative estimate of drug-likeness (QED) is 0.907. The molecule has 0 spiro atoms. The highest BCUT2D eigenvalue weighted by molar-refractivity contribution is 7.16. The second kappa shape index (κ2) is 5.60. The number of halogens is 3. The lowest BCUT2D eigenvalue weighted by molar-refractivity contribution is -0.141. The summed E-state index contributed by atoms with van der Waals surface area (Å²) in [6.45, 7) is 1.61. The van der Waals surface area contributed by atoms with E-state index in [2.05, 4.69) is 20.2 Å². The Morgan fingerprint density at radius 2 is 2.23 bits per heavy atom. The standard InChI is InChI=1S/C12H11F3N4OS2/c1-19-3-2-6-7(4-19)22-11(17-6)18-10(20)8-9(12(13,14)15)16-5-21-8/h5H,2-4H2,1H3,(H,17,18,20). The smallest absolute Gasteiger partial charge is 0.301 e. The molecule has 1 N–H and O–H groups in total. The number of carbonyl (C=O) groups excluding carboxylic acids is 1. The first kappa shape index (κ1) is 15.4. The van der Waals surface area contributed by atoms with Gasteiger partial charge in [-0.3, -0.25) is 10.1 Å². The van der Waals surface area contributed by atoms with E-state index in [1.54, 1.807) is 0 Å². The Bertz CT molecular complexity index is 710. The molecule has 0 aliphatic carbocycles. The van der Waals surface area contributed by atoms with Crippen molar-refractivity contribution in [2.24, 2.45) is 0 Å². The number of amides is 1. The molecule has 0 atom stereocenters. The molecule has 1 aliphatic rings. The van der Waals surface area contributed by atoms with Crippen molar-refractivity contribution < 1.29 is 18.0 Å². The van der Waals surface area contributed by atoms with Gasteiger partial charge in [-0.2, -0.15) is 13.2 Å². The zero-order valence-electron chi connectivity index (χ0n) is 11.4. The maximum atomic E-state index is 12.8. The summed E-state index contributed by atoms with van der Waals surface area (Å²) in [6, 6.07) is 0. The number of aromatic nitrogens is 2. The molecule has 3 heterocycles. The first-order chi connectivity index (χ1) is 10.3. The van der Waals surface area contributed by atoms with Crippen LogP contribution in [0.2, 0.25) is 0 Å². The van der Waals surface area contributed by atoms with Crippen molar-refractivity contribution in [3.8, 4) is 0 Å². The van der Waals surface area contributed by atoms with E-state index in [0.29, 0.717) is 16.5 Å². The van der Waals surface area contributed by atoms with Crippen molar-refractivity contribution in [3.05, 3.63) is 26.7 Å². The summed E-state index contributed by atoms with van der Waals surface area (Å²) in [6.07, 6.45) is -3.87. The number of thiazole rings is 2. The molecule has 0 unspecified atom stereocenters. The molecule has 22 heavy (non-hydrogen) atoms. The molecular weight excluding hydrogens is 337 g/mol. The summed E-state index contributed by atoms with van der Waals surface area (Å²) < 4.78 is 38.3. The van der Waals surface area contributed by atoms with Crippen LogP contribution in [0.4, 0.5) is 18.3 Å². The van der Waals surface area contributed by atoms with Gasteiger partial charge >= 0.3 is 6.18 Å². The first-order valence-electron chi connectivity index (χ1n) is 6.33. The van der Waals surface area contributed by atoms with E-state index in [1.165, 1.54) is 11.3 Å². The van der Waals surface area contributed by atoms with E-state index in [4.69, 9.17) is 0 Å². The Balaban J connectivity index is 1.80. The number of hydrogen-bond donors (Lipinski definition) is 1. The van der Waals surface area contributed by atoms with Crippen molar-refractivity contribution in [2.75, 3.05) is 18.9 Å². The monoisotopic (exact) mass is 348 g/mol. The number of likely N-dealkylation sites (N-methyl/N-ethyl adjacent to an activating group) is 1. The maximum absolute atomic E-state index is 12.8. The molecule has 0 saturated heterocycles. The molecule has 0 aromatic carbocycles. The molecule has 0 bridgehead atoms. The number of nitrogens with zero attached hydrogens (tertiary/aromatic N) is 3. The van der Waals surface area contributed by atoms with Crippen LogP contribution in [0.25, 0.3) is 0 Å². The Kier molecular flexibility index (Phi) is 3.91. The van der Waals surface area contributed by atoms with Gasteiger partial charge in [-0.1, -0.05) is 0 Å². The summed E-state index contributed by atoms with van der Waals surface area (Å²) >= 11 is 1.96. The van der Waals surface area contributed by atoms with Gasteiger partial charge in [0.05, 0.1) is 11.2 Å². The Morgan fingerprint density at radius 3 is 2.95 bits per heavy atom. The molecule has 1 aliphatic heterocycles. The van der Waals surface area contributed by atoms with Gasteiger partial charge in [-0.05, 0) is 7.05 Å². The van der Waals surface area contributed by atoms with Crippen molar-refractivity contribution in [1.82, 2.24) is 14.9 Å². The Morgan fingerprint density at radius 1 is 1.45 bits per heavy atom. The van der Waals surface area contributed by atoms with E-state index in [9.17, 15) is 18.0 Å². The lowest BCUT2D eigenvalue weighted by Crippen LogP contribution is -2.25. The van der Waals surface area contributed by atoms with Gasteiger partial charge in [-0.25, -0.2) is 9.97 Å². The van der Waals surface area contributed by atoms with Gasteiger partial charge in [0.25, 0.3) is 5.91 Å². The molecule has 0 fully saturated rings. The minimum Gasteiger partial charge on any atom is -0.301 e. The van der Waals surface area contributed by atoms with Crippen molar-refractivity contribution >= 4 is 33.7 Å². The molecule has 3 rings (SSSR count). The minimum atomic E-state index is -4.64. The minimum absolute atomic E-state index is 0.326. The van der Waals surface area contributed by atoms with Crippen LogP contribution in [0.3, 0.4) is 0 Å². The van der Waals surface area contributed by atoms with E-state index in [1.807, 2.05) is 7.05 Å². The second-order valence-electron chi connectivity index (χ2n) is 4.86. The number of nitrogens with one attached hydrogen (secondary N) is 1. The molecule has 10 heteroatoms. The average molecular weight is 348 g/mol. The highest BCUT2D eigenvalue weighted by Gasteiger charge is 2.38. The van der Waals surface area contributed by atoms with Crippen LogP contribution in [-0.2, 0) is 19.1 Å². The van der Waals surface area contributed by atoms with E-state index in [0.717, 1.165) is 35.6 Å². The first-order valence-corrected chi connectivity index (χ1v) is 8.03. The number of hydrogen-bond acceptors (Lipinski definition) is 6. The molecule has 5 nitrogen and oxygen atoms in total. The van der Waals surface area contributed by atoms with Gasteiger partial charge in [0.2, 0.25) is 0 Å². The molecule has 2 aromatic heterocycles. The fourth-order valence-corrected chi connectivity index (χ4v) is 3.92. The maximum Gasteiger partial charge on any atom is 0.434 e. The topological polar surface area (TPSA) is 58.1 Å². The Hall–Kier alpha value is -1.52. The summed E-state index contributed by atoms with van der Waals surface area (Å²) in [5.41, 5.74) is 0.759. The van der Waals surface area contributed by atoms with E-state index in [-0.39, 0.29) is 0 Å². The molecule has 1 amide bonds. The largest absolute Gasteiger partial charge is 0.434 e. The summed E-state index contributed by atoms with van der Waals surface area (Å²) in [5.74, 6) is -0.825. The third kappa shape index (κ3) is 2.99. The predicted octanol–water partition coefficient (Wildman–Crippen LogP) is 2.86. The summed E-state index contributed by atoms with van der Waals surface area (Å²) in [4.78, 5) is 22.3. The summed E-state index contributed by atoms with van der Waals surface area (Å²) in [7, 11) is 1.98. The zero-order valence-corrected chi connectivity index (χ0v) is 13.0. The fourth-order valence-electron chi connectivity index (χ4n) is 2.14. The van der Waals surface area contributed by atoms with Crippen LogP contribution in [-0.4, -0.2) is 34.4 Å². The Labute approximate surface area is 131 Å². The predicted molar refractivity (Wildman–Crippen MR) is 77.2 cm³/mol. The van der Waals surface area contributed by atoms with Gasteiger partial charge in [-0.15, -0.1) is 22.7 Å². The molecular formula is C12H11F3N4OS2. The number of rotatable bonds is 2. The van der Waals surface area contributed by atoms with Gasteiger partial charge in [0, 0.05) is 24.4 Å². The van der Waals surface area contributed by atoms with Gasteiger partial charge in [0.15, 0.2) is 10.8 Å². The zero-order chi connectivity index (χ0) is 15.9. The van der Waals surface area contributed by atoms with Gasteiger partial charge in [0.1, 0.15) is 4.88 Å². The lowest BCUT2D eigenvalue weighted by atomic mass is 10.2. The van der Waals surface area contributed by atoms with Crippen LogP contribution in [0.1, 0.15) is 25.9 Å². The number of anilines is 1. The van der Waals surface area contributed by atoms with Crippen LogP contribution < -0.4 is 5.32 Å². The van der Waals surface area contributed by atoms with Crippen molar-refractivity contribution in [2.45, 2.75) is 19.1 Å².